The number of Topliss-reactive ketones (excluding diaryl/α,β-unsaturated/α-hetero) is 1. The molecule has 5 heteroatoms. The molecule has 1 aliphatic rings. The summed E-state index contributed by atoms with van der Waals surface area (Å²) in [4.78, 5) is 10.9. The SMILES string of the molecule is CC(=O)C(C)NS(=O)(=O)C1CCCC1. The van der Waals surface area contributed by atoms with E-state index in [1.54, 1.807) is 6.92 Å². The summed E-state index contributed by atoms with van der Waals surface area (Å²) in [5.74, 6) is -0.147. The Morgan fingerprint density at radius 1 is 1.36 bits per heavy atom. The van der Waals surface area contributed by atoms with Crippen molar-refractivity contribution in [3.63, 3.8) is 0 Å². The lowest BCUT2D eigenvalue weighted by Crippen LogP contribution is -2.41. The van der Waals surface area contributed by atoms with Gasteiger partial charge in [0, 0.05) is 0 Å². The van der Waals surface area contributed by atoms with Gasteiger partial charge < -0.3 is 0 Å². The van der Waals surface area contributed by atoms with E-state index in [0.717, 1.165) is 25.7 Å². The minimum atomic E-state index is -3.28. The van der Waals surface area contributed by atoms with Gasteiger partial charge in [-0.2, -0.15) is 0 Å². The maximum absolute atomic E-state index is 11.7. The van der Waals surface area contributed by atoms with Crippen LogP contribution in [0.25, 0.3) is 0 Å². The maximum Gasteiger partial charge on any atom is 0.215 e. The summed E-state index contributed by atoms with van der Waals surface area (Å²) in [6.45, 7) is 2.97. The monoisotopic (exact) mass is 219 g/mol. The van der Waals surface area contributed by atoms with Crippen LogP contribution >= 0.6 is 0 Å². The van der Waals surface area contributed by atoms with E-state index in [1.807, 2.05) is 0 Å². The molecule has 1 atom stereocenters. The molecular weight excluding hydrogens is 202 g/mol. The number of hydrogen-bond acceptors (Lipinski definition) is 3. The molecule has 1 aliphatic carbocycles. The van der Waals surface area contributed by atoms with E-state index in [9.17, 15) is 13.2 Å². The maximum atomic E-state index is 11.7. The number of nitrogens with one attached hydrogen (secondary N) is 1. The van der Waals surface area contributed by atoms with E-state index in [4.69, 9.17) is 0 Å². The van der Waals surface area contributed by atoms with Crippen LogP contribution in [0.4, 0.5) is 0 Å². The quantitative estimate of drug-likeness (QED) is 0.761. The fourth-order valence-corrected chi connectivity index (χ4v) is 3.43. The van der Waals surface area contributed by atoms with Crippen molar-refractivity contribution >= 4 is 15.8 Å². The molecule has 0 spiro atoms. The van der Waals surface area contributed by atoms with E-state index in [0.29, 0.717) is 0 Å². The number of carbonyl (C=O) groups is 1. The molecule has 1 unspecified atom stereocenters. The smallest absolute Gasteiger partial charge is 0.215 e. The molecule has 0 bridgehead atoms. The van der Waals surface area contributed by atoms with Gasteiger partial charge in [-0.25, -0.2) is 13.1 Å². The number of sulfonamides is 1. The summed E-state index contributed by atoms with van der Waals surface area (Å²) in [6, 6.07) is -0.597. The lowest BCUT2D eigenvalue weighted by molar-refractivity contribution is -0.118. The Balaban J connectivity index is 2.61. The predicted molar refractivity (Wildman–Crippen MR) is 54.5 cm³/mol. The van der Waals surface area contributed by atoms with Crippen molar-refractivity contribution in [1.82, 2.24) is 4.72 Å². The first-order chi connectivity index (χ1) is 6.43. The van der Waals surface area contributed by atoms with Crippen LogP contribution in [0.1, 0.15) is 39.5 Å². The fraction of sp³-hybridized carbons (Fsp3) is 0.889. The molecule has 1 saturated carbocycles. The third kappa shape index (κ3) is 2.78. The second kappa shape index (κ2) is 4.40. The van der Waals surface area contributed by atoms with Crippen molar-refractivity contribution in [2.75, 3.05) is 0 Å². The first-order valence-electron chi connectivity index (χ1n) is 4.95. The van der Waals surface area contributed by atoms with Gasteiger partial charge in [0.05, 0.1) is 11.3 Å². The first-order valence-corrected chi connectivity index (χ1v) is 6.49. The van der Waals surface area contributed by atoms with Gasteiger partial charge in [0.2, 0.25) is 10.0 Å². The number of carbonyl (C=O) groups excluding carboxylic acids is 1. The van der Waals surface area contributed by atoms with Crippen LogP contribution < -0.4 is 4.72 Å². The van der Waals surface area contributed by atoms with Crippen molar-refractivity contribution in [3.05, 3.63) is 0 Å². The Morgan fingerprint density at radius 2 is 1.86 bits per heavy atom. The summed E-state index contributed by atoms with van der Waals surface area (Å²) in [5.41, 5.74) is 0. The molecule has 0 aliphatic heterocycles. The van der Waals surface area contributed by atoms with Crippen LogP contribution in [0.15, 0.2) is 0 Å². The highest BCUT2D eigenvalue weighted by molar-refractivity contribution is 7.90. The molecule has 0 aromatic carbocycles. The Hall–Kier alpha value is -0.420. The van der Waals surface area contributed by atoms with E-state index >= 15 is 0 Å². The molecule has 82 valence electrons. The number of hydrogen-bond donors (Lipinski definition) is 1. The van der Waals surface area contributed by atoms with Crippen molar-refractivity contribution in [1.29, 1.82) is 0 Å². The average Bonchev–Trinajstić information content (AvgIpc) is 2.54. The van der Waals surface area contributed by atoms with E-state index in [-0.39, 0.29) is 11.0 Å². The summed E-state index contributed by atoms with van der Waals surface area (Å²) in [5, 5.41) is -0.288. The van der Waals surface area contributed by atoms with Crippen LogP contribution in [-0.4, -0.2) is 25.5 Å². The van der Waals surface area contributed by atoms with E-state index in [2.05, 4.69) is 4.72 Å². The van der Waals surface area contributed by atoms with E-state index in [1.165, 1.54) is 6.92 Å². The standard InChI is InChI=1S/C9H17NO3S/c1-7(8(2)11)10-14(12,13)9-5-3-4-6-9/h7,9-10H,3-6H2,1-2H3. The van der Waals surface area contributed by atoms with Crippen molar-refractivity contribution in [3.8, 4) is 0 Å². The Kier molecular flexibility index (Phi) is 3.66. The first kappa shape index (κ1) is 11.7. The van der Waals surface area contributed by atoms with Crippen molar-refractivity contribution < 1.29 is 13.2 Å². The van der Waals surface area contributed by atoms with Gasteiger partial charge in [-0.15, -0.1) is 0 Å². The molecule has 1 N–H and O–H groups in total. The molecule has 0 heterocycles. The van der Waals surface area contributed by atoms with Gasteiger partial charge in [0.15, 0.2) is 0 Å². The van der Waals surface area contributed by atoms with Crippen LogP contribution in [0.5, 0.6) is 0 Å². The molecule has 1 rings (SSSR count). The Bertz CT molecular complexity index is 304. The predicted octanol–water partition coefficient (Wildman–Crippen LogP) is 0.826. The highest BCUT2D eigenvalue weighted by Crippen LogP contribution is 2.24. The van der Waals surface area contributed by atoms with Crippen molar-refractivity contribution in [2.45, 2.75) is 50.8 Å². The zero-order valence-corrected chi connectivity index (χ0v) is 9.43. The molecule has 0 radical (unpaired) electrons. The minimum Gasteiger partial charge on any atom is -0.298 e. The highest BCUT2D eigenvalue weighted by atomic mass is 32.2. The van der Waals surface area contributed by atoms with Crippen LogP contribution in [0.3, 0.4) is 0 Å². The van der Waals surface area contributed by atoms with Crippen LogP contribution in [-0.2, 0) is 14.8 Å². The second-order valence-electron chi connectivity index (χ2n) is 3.90. The molecule has 0 aromatic heterocycles. The summed E-state index contributed by atoms with van der Waals surface area (Å²) in [7, 11) is -3.28. The van der Waals surface area contributed by atoms with Gasteiger partial charge in [-0.3, -0.25) is 4.79 Å². The molecule has 0 amide bonds. The zero-order valence-electron chi connectivity index (χ0n) is 8.62. The largest absolute Gasteiger partial charge is 0.298 e. The molecule has 4 nitrogen and oxygen atoms in total. The lowest BCUT2D eigenvalue weighted by atomic mass is 10.3. The molecule has 0 saturated heterocycles. The van der Waals surface area contributed by atoms with Gasteiger partial charge in [0.25, 0.3) is 0 Å². The third-order valence-corrected chi connectivity index (χ3v) is 4.72. The summed E-state index contributed by atoms with van der Waals surface area (Å²) >= 11 is 0. The molecule has 14 heavy (non-hydrogen) atoms. The molecular formula is C9H17NO3S. The molecule has 1 fully saturated rings. The van der Waals surface area contributed by atoms with Gasteiger partial charge in [-0.05, 0) is 26.7 Å². The number of rotatable bonds is 4. The van der Waals surface area contributed by atoms with Crippen LogP contribution in [0.2, 0.25) is 0 Å². The number of ketones is 1. The zero-order chi connectivity index (χ0) is 10.8. The highest BCUT2D eigenvalue weighted by Gasteiger charge is 2.30. The van der Waals surface area contributed by atoms with Gasteiger partial charge in [-0.1, -0.05) is 12.8 Å². The van der Waals surface area contributed by atoms with E-state index < -0.39 is 16.1 Å². The topological polar surface area (TPSA) is 63.2 Å². The lowest BCUT2D eigenvalue weighted by Gasteiger charge is -2.15. The second-order valence-corrected chi connectivity index (χ2v) is 5.89. The summed E-state index contributed by atoms with van der Waals surface area (Å²) in [6.07, 6.45) is 3.39. The normalized spacial score (nSPS) is 21.0. The Labute approximate surface area is 85.1 Å². The van der Waals surface area contributed by atoms with Crippen molar-refractivity contribution in [2.24, 2.45) is 0 Å². The van der Waals surface area contributed by atoms with Gasteiger partial charge in [0.1, 0.15) is 5.78 Å². The van der Waals surface area contributed by atoms with Crippen LogP contribution in [0, 0.1) is 0 Å². The molecule has 0 aromatic rings. The summed E-state index contributed by atoms with van der Waals surface area (Å²) < 4.78 is 25.8. The van der Waals surface area contributed by atoms with Gasteiger partial charge >= 0.3 is 0 Å². The average molecular weight is 219 g/mol. The Morgan fingerprint density at radius 3 is 2.29 bits per heavy atom. The minimum absolute atomic E-state index is 0.147. The fourth-order valence-electron chi connectivity index (χ4n) is 1.62. The third-order valence-electron chi connectivity index (χ3n) is 2.69.